The molecule has 0 radical (unpaired) electrons. The van der Waals surface area contributed by atoms with Crippen molar-refractivity contribution < 1.29 is 9.59 Å². The third-order valence-corrected chi connectivity index (χ3v) is 7.34. The smallest absolute Gasteiger partial charge is 0.256 e. The molecule has 0 bridgehead atoms. The molecule has 1 N–H and O–H groups in total. The fourth-order valence-electron chi connectivity index (χ4n) is 5.51. The zero-order valence-electron chi connectivity index (χ0n) is 19.0. The number of likely N-dealkylation sites (tertiary alicyclic amines) is 1. The average Bonchev–Trinajstić information content (AvgIpc) is 2.88. The number of nitrogens with zero attached hydrogens (tertiary/aromatic N) is 4. The lowest BCUT2D eigenvalue weighted by atomic mass is 9.88. The maximum absolute atomic E-state index is 13.1. The summed E-state index contributed by atoms with van der Waals surface area (Å²) in [6.45, 7) is 1.56. The van der Waals surface area contributed by atoms with Crippen LogP contribution in [0.5, 0.6) is 0 Å². The molecule has 2 fully saturated rings. The largest absolute Gasteiger partial charge is 0.337 e. The van der Waals surface area contributed by atoms with Crippen molar-refractivity contribution in [3.8, 4) is 0 Å². The number of rotatable bonds is 3. The third-order valence-electron chi connectivity index (χ3n) is 7.34. The standard InChI is InChI=1S/C25H31N5O3/c31-23-19-16-29(24(32)17-7-2-1-3-8-17)14-11-20(19)27-22(28-23)21-10-4-5-13-30(21)25(33)18-9-6-12-26-15-18/h6,9,12,15,17,21H,1-5,7-8,10-11,13-14,16H2,(H,27,28,31)/t21-/m1/s1. The van der Waals surface area contributed by atoms with E-state index in [1.165, 1.54) is 6.42 Å². The van der Waals surface area contributed by atoms with Gasteiger partial charge in [0, 0.05) is 37.8 Å². The van der Waals surface area contributed by atoms with Crippen molar-refractivity contribution in [2.75, 3.05) is 13.1 Å². The van der Waals surface area contributed by atoms with Gasteiger partial charge in [0.05, 0.1) is 29.4 Å². The maximum atomic E-state index is 13.1. The highest BCUT2D eigenvalue weighted by Gasteiger charge is 2.33. The molecule has 3 aliphatic rings. The Balaban J connectivity index is 1.37. The molecule has 8 nitrogen and oxygen atoms in total. The van der Waals surface area contributed by atoms with Crippen LogP contribution in [0.3, 0.4) is 0 Å². The van der Waals surface area contributed by atoms with E-state index in [9.17, 15) is 14.4 Å². The first kappa shape index (κ1) is 21.8. The quantitative estimate of drug-likeness (QED) is 0.777. The summed E-state index contributed by atoms with van der Waals surface area (Å²) < 4.78 is 0. The Kier molecular flexibility index (Phi) is 6.24. The van der Waals surface area contributed by atoms with Crippen LogP contribution in [0, 0.1) is 5.92 Å². The summed E-state index contributed by atoms with van der Waals surface area (Å²) in [5, 5.41) is 0. The van der Waals surface area contributed by atoms with Gasteiger partial charge in [-0.25, -0.2) is 4.98 Å². The number of aromatic amines is 1. The number of pyridine rings is 1. The minimum absolute atomic E-state index is 0.0857. The van der Waals surface area contributed by atoms with E-state index in [1.54, 1.807) is 24.5 Å². The second kappa shape index (κ2) is 9.45. The summed E-state index contributed by atoms with van der Waals surface area (Å²) in [6.07, 6.45) is 11.8. The first-order valence-corrected chi connectivity index (χ1v) is 12.2. The van der Waals surface area contributed by atoms with Crippen LogP contribution in [-0.2, 0) is 17.8 Å². The molecular weight excluding hydrogens is 418 g/mol. The van der Waals surface area contributed by atoms with Crippen molar-refractivity contribution in [1.82, 2.24) is 24.8 Å². The number of H-pyrrole nitrogens is 1. The van der Waals surface area contributed by atoms with Crippen LogP contribution in [0.1, 0.15) is 84.8 Å². The molecule has 2 aromatic heterocycles. The highest BCUT2D eigenvalue weighted by atomic mass is 16.2. The maximum Gasteiger partial charge on any atom is 0.256 e. The summed E-state index contributed by atoms with van der Waals surface area (Å²) >= 11 is 0. The lowest BCUT2D eigenvalue weighted by Gasteiger charge is -2.36. The lowest BCUT2D eigenvalue weighted by Crippen LogP contribution is -2.44. The number of amides is 2. The highest BCUT2D eigenvalue weighted by Crippen LogP contribution is 2.31. The van der Waals surface area contributed by atoms with Gasteiger partial charge in [0.1, 0.15) is 5.82 Å². The van der Waals surface area contributed by atoms with Gasteiger partial charge in [0.25, 0.3) is 11.5 Å². The van der Waals surface area contributed by atoms with E-state index < -0.39 is 0 Å². The van der Waals surface area contributed by atoms with Crippen molar-refractivity contribution >= 4 is 11.8 Å². The van der Waals surface area contributed by atoms with Gasteiger partial charge in [-0.05, 0) is 44.2 Å². The van der Waals surface area contributed by atoms with Gasteiger partial charge < -0.3 is 14.8 Å². The van der Waals surface area contributed by atoms with Gasteiger partial charge >= 0.3 is 0 Å². The number of aromatic nitrogens is 3. The highest BCUT2D eigenvalue weighted by molar-refractivity contribution is 5.94. The molecule has 33 heavy (non-hydrogen) atoms. The van der Waals surface area contributed by atoms with E-state index in [1.807, 2.05) is 9.80 Å². The Bertz CT molecular complexity index is 1080. The summed E-state index contributed by atoms with van der Waals surface area (Å²) in [6, 6.07) is 3.26. The van der Waals surface area contributed by atoms with Gasteiger partial charge in [-0.1, -0.05) is 19.3 Å². The summed E-state index contributed by atoms with van der Waals surface area (Å²) in [5.74, 6) is 0.755. The molecule has 174 valence electrons. The number of carbonyl (C=O) groups excluding carboxylic acids is 2. The first-order chi connectivity index (χ1) is 16.1. The van der Waals surface area contributed by atoms with Crippen molar-refractivity contribution in [3.63, 3.8) is 0 Å². The monoisotopic (exact) mass is 449 g/mol. The topological polar surface area (TPSA) is 99.3 Å². The fourth-order valence-corrected chi connectivity index (χ4v) is 5.51. The van der Waals surface area contributed by atoms with Crippen LogP contribution in [0.2, 0.25) is 0 Å². The average molecular weight is 450 g/mol. The lowest BCUT2D eigenvalue weighted by molar-refractivity contribution is -0.137. The SMILES string of the molecule is O=C(C1CCCCC1)N1CCc2nc([C@H]3CCCCN3C(=O)c3cccnc3)[nH]c(=O)c2C1. The van der Waals surface area contributed by atoms with E-state index >= 15 is 0 Å². The van der Waals surface area contributed by atoms with E-state index in [0.29, 0.717) is 43.0 Å². The van der Waals surface area contributed by atoms with Crippen molar-refractivity contribution in [2.24, 2.45) is 5.92 Å². The minimum Gasteiger partial charge on any atom is -0.337 e. The molecule has 0 aromatic carbocycles. The van der Waals surface area contributed by atoms with Crippen LogP contribution in [-0.4, -0.2) is 49.7 Å². The van der Waals surface area contributed by atoms with Gasteiger partial charge in [-0.15, -0.1) is 0 Å². The van der Waals surface area contributed by atoms with Crippen molar-refractivity contribution in [1.29, 1.82) is 0 Å². The van der Waals surface area contributed by atoms with Crippen LogP contribution in [0.25, 0.3) is 0 Å². The molecular formula is C25H31N5O3. The van der Waals surface area contributed by atoms with Gasteiger partial charge in [0.15, 0.2) is 0 Å². The first-order valence-electron chi connectivity index (χ1n) is 12.2. The minimum atomic E-state index is -0.258. The number of piperidine rings is 1. The Morgan fingerprint density at radius 3 is 2.64 bits per heavy atom. The number of carbonyl (C=O) groups is 2. The fraction of sp³-hybridized carbons (Fsp3) is 0.560. The molecule has 1 atom stereocenters. The molecule has 1 saturated carbocycles. The molecule has 0 unspecified atom stereocenters. The van der Waals surface area contributed by atoms with Crippen LogP contribution < -0.4 is 5.56 Å². The Hall–Kier alpha value is -3.03. The molecule has 1 aliphatic carbocycles. The molecule has 1 saturated heterocycles. The molecule has 5 rings (SSSR count). The second-order valence-electron chi connectivity index (χ2n) is 9.47. The summed E-state index contributed by atoms with van der Waals surface area (Å²) in [4.78, 5) is 54.7. The number of hydrogen-bond donors (Lipinski definition) is 1. The predicted octanol–water partition coefficient (Wildman–Crippen LogP) is 3.00. The normalized spacial score (nSPS) is 21.5. The second-order valence-corrected chi connectivity index (χ2v) is 9.47. The number of fused-ring (bicyclic) bond motifs is 1. The zero-order chi connectivity index (χ0) is 22.8. The van der Waals surface area contributed by atoms with Gasteiger partial charge in [-0.2, -0.15) is 0 Å². The van der Waals surface area contributed by atoms with Crippen LogP contribution in [0.15, 0.2) is 29.3 Å². The Morgan fingerprint density at radius 2 is 1.85 bits per heavy atom. The van der Waals surface area contributed by atoms with Crippen LogP contribution >= 0.6 is 0 Å². The molecule has 4 heterocycles. The molecule has 2 aliphatic heterocycles. The Labute approximate surface area is 193 Å². The molecule has 0 spiro atoms. The van der Waals surface area contributed by atoms with E-state index in [2.05, 4.69) is 9.97 Å². The summed E-state index contributed by atoms with van der Waals surface area (Å²) in [5.41, 5.74) is 1.72. The van der Waals surface area contributed by atoms with E-state index in [0.717, 1.165) is 50.6 Å². The zero-order valence-corrected chi connectivity index (χ0v) is 19.0. The predicted molar refractivity (Wildman–Crippen MR) is 122 cm³/mol. The number of nitrogens with one attached hydrogen (secondary N) is 1. The number of hydrogen-bond acceptors (Lipinski definition) is 5. The van der Waals surface area contributed by atoms with Crippen molar-refractivity contribution in [3.05, 3.63) is 57.5 Å². The van der Waals surface area contributed by atoms with E-state index in [-0.39, 0.29) is 29.3 Å². The molecule has 8 heteroatoms. The third kappa shape index (κ3) is 4.43. The van der Waals surface area contributed by atoms with Gasteiger partial charge in [0.2, 0.25) is 5.91 Å². The Morgan fingerprint density at radius 1 is 1.03 bits per heavy atom. The molecule has 2 amide bonds. The van der Waals surface area contributed by atoms with Crippen LogP contribution in [0.4, 0.5) is 0 Å². The summed E-state index contributed by atoms with van der Waals surface area (Å²) in [7, 11) is 0. The molecule has 2 aromatic rings. The van der Waals surface area contributed by atoms with E-state index in [4.69, 9.17) is 4.98 Å². The van der Waals surface area contributed by atoms with Crippen molar-refractivity contribution in [2.45, 2.75) is 70.4 Å². The van der Waals surface area contributed by atoms with Gasteiger partial charge in [-0.3, -0.25) is 19.4 Å².